The number of carbonyl (C=O) groups excluding carboxylic acids is 1. The number of hydrogen-bond donors (Lipinski definition) is 1. The minimum absolute atomic E-state index is 0.100. The summed E-state index contributed by atoms with van der Waals surface area (Å²) in [6, 6.07) is 7.53. The highest BCUT2D eigenvalue weighted by molar-refractivity contribution is 5.85. The average molecular weight is 280 g/mol. The summed E-state index contributed by atoms with van der Waals surface area (Å²) in [5, 5.41) is 2.90. The summed E-state index contributed by atoms with van der Waals surface area (Å²) in [6.07, 6.45) is 0.239. The molecule has 1 aliphatic rings. The van der Waals surface area contributed by atoms with Crippen LogP contribution in [-0.4, -0.2) is 43.2 Å². The van der Waals surface area contributed by atoms with Crippen molar-refractivity contribution in [3.63, 3.8) is 0 Å². The average Bonchev–Trinajstić information content (AvgIpc) is 2.88. The molecule has 2 rings (SSSR count). The van der Waals surface area contributed by atoms with Gasteiger partial charge in [0.1, 0.15) is 5.75 Å². The second-order valence-electron chi connectivity index (χ2n) is 5.09. The Morgan fingerprint density at radius 1 is 1.50 bits per heavy atom. The first-order valence-electron chi connectivity index (χ1n) is 6.93. The number of nitrogens with zero attached hydrogens (tertiary/aromatic N) is 1. The Bertz CT molecular complexity index is 473. The van der Waals surface area contributed by atoms with Gasteiger partial charge in [-0.3, -0.25) is 4.79 Å². The van der Waals surface area contributed by atoms with Gasteiger partial charge in [0.2, 0.25) is 5.67 Å². The van der Waals surface area contributed by atoms with Crippen molar-refractivity contribution < 1.29 is 13.9 Å². The molecule has 1 heterocycles. The van der Waals surface area contributed by atoms with Crippen molar-refractivity contribution in [2.24, 2.45) is 0 Å². The Balaban J connectivity index is 2.07. The molecule has 1 saturated heterocycles. The number of para-hydroxylation sites is 1. The van der Waals surface area contributed by atoms with E-state index in [-0.39, 0.29) is 13.0 Å². The van der Waals surface area contributed by atoms with Crippen molar-refractivity contribution in [1.29, 1.82) is 0 Å². The van der Waals surface area contributed by atoms with Crippen molar-refractivity contribution in [3.8, 4) is 5.75 Å². The predicted octanol–water partition coefficient (Wildman–Crippen LogP) is 1.75. The van der Waals surface area contributed by atoms with Gasteiger partial charge in [-0.2, -0.15) is 0 Å². The van der Waals surface area contributed by atoms with Crippen molar-refractivity contribution in [2.75, 3.05) is 26.7 Å². The normalized spacial score (nSPS) is 21.8. The lowest BCUT2D eigenvalue weighted by Crippen LogP contribution is -2.45. The van der Waals surface area contributed by atoms with E-state index >= 15 is 0 Å². The third-order valence-corrected chi connectivity index (χ3v) is 3.51. The van der Waals surface area contributed by atoms with Gasteiger partial charge in [-0.15, -0.1) is 0 Å². The Hall–Kier alpha value is -1.62. The van der Waals surface area contributed by atoms with Crippen LogP contribution in [0.2, 0.25) is 0 Å². The summed E-state index contributed by atoms with van der Waals surface area (Å²) in [5.41, 5.74) is -0.880. The summed E-state index contributed by atoms with van der Waals surface area (Å²) in [4.78, 5) is 13.6. The molecular weight excluding hydrogens is 259 g/mol. The van der Waals surface area contributed by atoms with Crippen LogP contribution in [0.5, 0.6) is 5.75 Å². The molecule has 1 N–H and O–H groups in total. The second-order valence-corrected chi connectivity index (χ2v) is 5.09. The van der Waals surface area contributed by atoms with E-state index < -0.39 is 11.6 Å². The van der Waals surface area contributed by atoms with E-state index in [0.29, 0.717) is 19.7 Å². The van der Waals surface area contributed by atoms with Crippen LogP contribution < -0.4 is 10.1 Å². The maximum absolute atomic E-state index is 14.4. The molecule has 1 aromatic carbocycles. The molecule has 1 amide bonds. The molecule has 0 spiro atoms. The van der Waals surface area contributed by atoms with E-state index in [1.807, 2.05) is 31.2 Å². The molecule has 4 nitrogen and oxygen atoms in total. The first kappa shape index (κ1) is 14.8. The summed E-state index contributed by atoms with van der Waals surface area (Å²) < 4.78 is 19.9. The molecule has 0 radical (unpaired) electrons. The summed E-state index contributed by atoms with van der Waals surface area (Å²) >= 11 is 0. The highest BCUT2D eigenvalue weighted by Gasteiger charge is 2.43. The van der Waals surface area contributed by atoms with Crippen LogP contribution in [0.25, 0.3) is 0 Å². The molecule has 0 aromatic heterocycles. The van der Waals surface area contributed by atoms with Gasteiger partial charge in [-0.1, -0.05) is 18.2 Å². The van der Waals surface area contributed by atoms with Crippen LogP contribution in [0.15, 0.2) is 24.3 Å². The van der Waals surface area contributed by atoms with Gasteiger partial charge < -0.3 is 15.0 Å². The zero-order chi connectivity index (χ0) is 14.6. The van der Waals surface area contributed by atoms with E-state index in [1.54, 1.807) is 7.05 Å². The van der Waals surface area contributed by atoms with E-state index in [2.05, 4.69) is 5.32 Å². The Labute approximate surface area is 118 Å². The smallest absolute Gasteiger partial charge is 0.261 e. The van der Waals surface area contributed by atoms with Crippen LogP contribution in [0.3, 0.4) is 0 Å². The van der Waals surface area contributed by atoms with Crippen molar-refractivity contribution >= 4 is 5.91 Å². The first-order valence-corrected chi connectivity index (χ1v) is 6.93. The summed E-state index contributed by atoms with van der Waals surface area (Å²) in [6.45, 7) is 3.47. The maximum Gasteiger partial charge on any atom is 0.261 e. The second kappa shape index (κ2) is 6.22. The van der Waals surface area contributed by atoms with Crippen LogP contribution in [0, 0.1) is 0 Å². The zero-order valence-corrected chi connectivity index (χ0v) is 12.0. The topological polar surface area (TPSA) is 41.6 Å². The summed E-state index contributed by atoms with van der Waals surface area (Å²) in [7, 11) is 1.63. The number of benzene rings is 1. The van der Waals surface area contributed by atoms with E-state index in [4.69, 9.17) is 4.74 Å². The molecule has 0 aliphatic carbocycles. The van der Waals surface area contributed by atoms with E-state index in [0.717, 1.165) is 11.3 Å². The molecular formula is C15H21FN2O2. The van der Waals surface area contributed by atoms with Crippen molar-refractivity contribution in [3.05, 3.63) is 29.8 Å². The molecule has 5 heteroatoms. The predicted molar refractivity (Wildman–Crippen MR) is 75.4 cm³/mol. The number of rotatable bonds is 5. The van der Waals surface area contributed by atoms with Crippen LogP contribution in [0.1, 0.15) is 18.9 Å². The highest BCUT2D eigenvalue weighted by atomic mass is 19.1. The summed E-state index contributed by atoms with van der Waals surface area (Å²) in [5.74, 6) is 0.279. The molecule has 1 fully saturated rings. The fourth-order valence-corrected chi connectivity index (χ4v) is 2.44. The third kappa shape index (κ3) is 3.10. The molecule has 110 valence electrons. The molecule has 1 unspecified atom stereocenters. The largest absolute Gasteiger partial charge is 0.494 e. The maximum atomic E-state index is 14.4. The number of carbonyl (C=O) groups is 1. The van der Waals surface area contributed by atoms with Gasteiger partial charge in [0.25, 0.3) is 5.91 Å². The molecule has 20 heavy (non-hydrogen) atoms. The van der Waals surface area contributed by atoms with Gasteiger partial charge >= 0.3 is 0 Å². The van der Waals surface area contributed by atoms with E-state index in [9.17, 15) is 9.18 Å². The standard InChI is InChI=1S/C15H21FN2O2/c1-3-20-13-7-5-4-6-12(13)10-18(2)14(19)15(16)8-9-17-11-15/h4-7,17H,3,8-11H2,1-2H3. The lowest BCUT2D eigenvalue weighted by molar-refractivity contribution is -0.142. The fraction of sp³-hybridized carbons (Fsp3) is 0.533. The van der Waals surface area contributed by atoms with Gasteiger partial charge in [0.05, 0.1) is 6.61 Å². The van der Waals surface area contributed by atoms with Gasteiger partial charge in [-0.25, -0.2) is 4.39 Å². The van der Waals surface area contributed by atoms with Crippen molar-refractivity contribution in [2.45, 2.75) is 25.6 Å². The number of alkyl halides is 1. The quantitative estimate of drug-likeness (QED) is 0.893. The molecule has 1 atom stereocenters. The zero-order valence-electron chi connectivity index (χ0n) is 12.0. The Morgan fingerprint density at radius 3 is 2.90 bits per heavy atom. The Kier molecular flexibility index (Phi) is 4.60. The van der Waals surface area contributed by atoms with Gasteiger partial charge in [-0.05, 0) is 19.5 Å². The SMILES string of the molecule is CCOc1ccccc1CN(C)C(=O)C1(F)CCNC1. The van der Waals surface area contributed by atoms with Crippen molar-refractivity contribution in [1.82, 2.24) is 10.2 Å². The van der Waals surface area contributed by atoms with Gasteiger partial charge in [0, 0.05) is 32.1 Å². The number of hydrogen-bond acceptors (Lipinski definition) is 3. The number of amides is 1. The molecule has 0 bridgehead atoms. The van der Waals surface area contributed by atoms with Crippen LogP contribution in [0.4, 0.5) is 4.39 Å². The highest BCUT2D eigenvalue weighted by Crippen LogP contribution is 2.25. The third-order valence-electron chi connectivity index (χ3n) is 3.51. The number of ether oxygens (including phenoxy) is 1. The van der Waals surface area contributed by atoms with Gasteiger partial charge in [0.15, 0.2) is 0 Å². The fourth-order valence-electron chi connectivity index (χ4n) is 2.44. The lowest BCUT2D eigenvalue weighted by Gasteiger charge is -2.26. The monoisotopic (exact) mass is 280 g/mol. The number of nitrogens with one attached hydrogen (secondary N) is 1. The lowest BCUT2D eigenvalue weighted by atomic mass is 10.0. The minimum Gasteiger partial charge on any atom is -0.494 e. The molecule has 1 aromatic rings. The minimum atomic E-state index is -1.77. The van der Waals surface area contributed by atoms with Crippen LogP contribution >= 0.6 is 0 Å². The molecule has 1 aliphatic heterocycles. The van der Waals surface area contributed by atoms with E-state index in [1.165, 1.54) is 4.90 Å². The number of halogens is 1. The first-order chi connectivity index (χ1) is 9.57. The Morgan fingerprint density at radius 2 is 2.25 bits per heavy atom. The van der Waals surface area contributed by atoms with Crippen LogP contribution in [-0.2, 0) is 11.3 Å². The molecule has 0 saturated carbocycles.